The summed E-state index contributed by atoms with van der Waals surface area (Å²) >= 11 is 0. The Morgan fingerprint density at radius 3 is 2.53 bits per heavy atom. The maximum Gasteiger partial charge on any atom is 0.330 e. The fourth-order valence-corrected chi connectivity index (χ4v) is 1.77. The predicted octanol–water partition coefficient (Wildman–Crippen LogP) is 3.24. The first kappa shape index (κ1) is 14.2. The van der Waals surface area contributed by atoms with Crippen molar-refractivity contribution in [2.45, 2.75) is 58.0 Å². The molecule has 1 aliphatic rings. The summed E-state index contributed by atoms with van der Waals surface area (Å²) in [5.74, 6) is -0.225. The van der Waals surface area contributed by atoms with E-state index < -0.39 is 0 Å². The topological polar surface area (TPSA) is 38.8 Å². The molecular weight excluding hydrogens is 216 g/mol. The fourth-order valence-electron chi connectivity index (χ4n) is 1.77. The summed E-state index contributed by atoms with van der Waals surface area (Å²) in [5, 5.41) is 0. The van der Waals surface area contributed by atoms with Gasteiger partial charge < -0.3 is 9.47 Å². The van der Waals surface area contributed by atoms with Gasteiger partial charge in [-0.1, -0.05) is 38.2 Å². The van der Waals surface area contributed by atoms with Gasteiger partial charge in [-0.25, -0.2) is 4.79 Å². The number of ether oxygens (including phenoxy) is 2. The summed E-state index contributed by atoms with van der Waals surface area (Å²) in [6, 6.07) is 0. The smallest absolute Gasteiger partial charge is 0.330 e. The minimum Gasteiger partial charge on any atom is -0.463 e. The first-order valence-electron chi connectivity index (χ1n) is 6.74. The molecule has 1 heterocycles. The van der Waals surface area contributed by atoms with E-state index in [1.54, 1.807) is 6.08 Å². The van der Waals surface area contributed by atoms with Gasteiger partial charge in [-0.2, -0.15) is 0 Å². The number of rotatable bonds is 10. The van der Waals surface area contributed by atoms with Crippen molar-refractivity contribution in [3.8, 4) is 0 Å². The van der Waals surface area contributed by atoms with Gasteiger partial charge in [0.1, 0.15) is 0 Å². The van der Waals surface area contributed by atoms with Gasteiger partial charge in [-0.3, -0.25) is 0 Å². The lowest BCUT2D eigenvalue weighted by Crippen LogP contribution is -2.01. The Morgan fingerprint density at radius 1 is 1.24 bits per heavy atom. The summed E-state index contributed by atoms with van der Waals surface area (Å²) < 4.78 is 10.2. The van der Waals surface area contributed by atoms with Crippen LogP contribution in [0.2, 0.25) is 0 Å². The third-order valence-corrected chi connectivity index (χ3v) is 2.87. The third-order valence-electron chi connectivity index (χ3n) is 2.87. The van der Waals surface area contributed by atoms with Gasteiger partial charge in [0.25, 0.3) is 0 Å². The molecular formula is C14H24O3. The molecule has 0 radical (unpaired) electrons. The molecule has 1 saturated heterocycles. The van der Waals surface area contributed by atoms with Crippen LogP contribution in [-0.2, 0) is 14.3 Å². The summed E-state index contributed by atoms with van der Waals surface area (Å²) in [6.45, 7) is 3.35. The Hall–Kier alpha value is -0.830. The fraction of sp³-hybridized carbons (Fsp3) is 0.786. The molecule has 1 atom stereocenters. The molecule has 1 fully saturated rings. The van der Waals surface area contributed by atoms with Crippen molar-refractivity contribution in [2.75, 3.05) is 13.2 Å². The van der Waals surface area contributed by atoms with Gasteiger partial charge in [0.05, 0.1) is 19.3 Å². The minimum atomic E-state index is -0.225. The van der Waals surface area contributed by atoms with Gasteiger partial charge in [0.2, 0.25) is 0 Å². The normalized spacial score (nSPS) is 18.5. The largest absolute Gasteiger partial charge is 0.463 e. The van der Waals surface area contributed by atoms with E-state index in [1.807, 2.05) is 6.92 Å². The monoisotopic (exact) mass is 240 g/mol. The summed E-state index contributed by atoms with van der Waals surface area (Å²) in [5.41, 5.74) is 0. The zero-order chi connectivity index (χ0) is 12.3. The number of esters is 1. The van der Waals surface area contributed by atoms with Crippen molar-refractivity contribution in [3.05, 3.63) is 12.2 Å². The highest BCUT2D eigenvalue weighted by Crippen LogP contribution is 2.17. The van der Waals surface area contributed by atoms with E-state index in [-0.39, 0.29) is 5.97 Å². The molecule has 17 heavy (non-hydrogen) atoms. The average Bonchev–Trinajstić information content (AvgIpc) is 3.11. The number of carbonyl (C=O) groups is 1. The number of epoxide rings is 1. The molecule has 0 N–H and O–H groups in total. The molecule has 0 spiro atoms. The van der Waals surface area contributed by atoms with Crippen LogP contribution >= 0.6 is 0 Å². The zero-order valence-corrected chi connectivity index (χ0v) is 10.8. The van der Waals surface area contributed by atoms with Crippen LogP contribution in [-0.4, -0.2) is 25.3 Å². The van der Waals surface area contributed by atoms with Gasteiger partial charge in [-0.15, -0.1) is 0 Å². The van der Waals surface area contributed by atoms with Gasteiger partial charge in [0, 0.05) is 6.08 Å². The summed E-state index contributed by atoms with van der Waals surface area (Å²) in [6.07, 6.45) is 12.2. The lowest BCUT2D eigenvalue weighted by molar-refractivity contribution is -0.137. The molecule has 0 aromatic carbocycles. The van der Waals surface area contributed by atoms with Crippen LogP contribution in [0.25, 0.3) is 0 Å². The highest BCUT2D eigenvalue weighted by molar-refractivity contribution is 5.81. The van der Waals surface area contributed by atoms with Crippen LogP contribution < -0.4 is 0 Å². The Bertz CT molecular complexity index is 232. The quantitative estimate of drug-likeness (QED) is 0.255. The molecule has 1 aliphatic heterocycles. The molecule has 0 saturated carbocycles. The molecule has 3 heteroatoms. The van der Waals surface area contributed by atoms with Gasteiger partial charge in [-0.05, 0) is 19.8 Å². The van der Waals surface area contributed by atoms with E-state index in [0.717, 1.165) is 19.4 Å². The lowest BCUT2D eigenvalue weighted by Gasteiger charge is -2.02. The second kappa shape index (κ2) is 9.23. The average molecular weight is 240 g/mol. The van der Waals surface area contributed by atoms with Crippen molar-refractivity contribution in [2.24, 2.45) is 0 Å². The van der Waals surface area contributed by atoms with Crippen molar-refractivity contribution in [1.82, 2.24) is 0 Å². The standard InChI is InChI=1S/C14H24O3/c1-2-9-14(15)16-11-8-6-4-3-5-7-10-13-12-17-13/h2,9,13H,3-8,10-12H2,1H3/b9-2+. The number of allylic oxidation sites excluding steroid dienone is 1. The number of unbranched alkanes of at least 4 members (excludes halogenated alkanes) is 5. The molecule has 0 bridgehead atoms. The van der Waals surface area contributed by atoms with Crippen LogP contribution in [0.3, 0.4) is 0 Å². The first-order chi connectivity index (χ1) is 8.33. The molecule has 98 valence electrons. The molecule has 0 aliphatic carbocycles. The van der Waals surface area contributed by atoms with E-state index >= 15 is 0 Å². The molecule has 0 aromatic heterocycles. The molecule has 0 aromatic rings. The maximum absolute atomic E-state index is 11.0. The molecule has 1 rings (SSSR count). The number of hydrogen-bond donors (Lipinski definition) is 0. The van der Waals surface area contributed by atoms with Crippen LogP contribution in [0.15, 0.2) is 12.2 Å². The molecule has 3 nitrogen and oxygen atoms in total. The van der Waals surface area contributed by atoms with E-state index in [1.165, 1.54) is 38.2 Å². The van der Waals surface area contributed by atoms with Crippen LogP contribution in [0.4, 0.5) is 0 Å². The van der Waals surface area contributed by atoms with Crippen molar-refractivity contribution in [3.63, 3.8) is 0 Å². The number of carbonyl (C=O) groups excluding carboxylic acids is 1. The maximum atomic E-state index is 11.0. The zero-order valence-electron chi connectivity index (χ0n) is 10.8. The second-order valence-corrected chi connectivity index (χ2v) is 4.53. The Balaban J connectivity index is 1.73. The molecule has 0 amide bonds. The third kappa shape index (κ3) is 8.93. The van der Waals surface area contributed by atoms with Gasteiger partial charge >= 0.3 is 5.97 Å². The van der Waals surface area contributed by atoms with Crippen molar-refractivity contribution < 1.29 is 14.3 Å². The number of hydrogen-bond acceptors (Lipinski definition) is 3. The Kier molecular flexibility index (Phi) is 7.72. The Morgan fingerprint density at radius 2 is 1.88 bits per heavy atom. The first-order valence-corrected chi connectivity index (χ1v) is 6.74. The predicted molar refractivity (Wildman–Crippen MR) is 67.8 cm³/mol. The van der Waals surface area contributed by atoms with Crippen molar-refractivity contribution in [1.29, 1.82) is 0 Å². The highest BCUT2D eigenvalue weighted by atomic mass is 16.6. The van der Waals surface area contributed by atoms with Gasteiger partial charge in [0.15, 0.2) is 0 Å². The van der Waals surface area contributed by atoms with E-state index in [0.29, 0.717) is 12.7 Å². The lowest BCUT2D eigenvalue weighted by atomic mass is 10.1. The summed E-state index contributed by atoms with van der Waals surface area (Å²) in [7, 11) is 0. The summed E-state index contributed by atoms with van der Waals surface area (Å²) in [4.78, 5) is 11.0. The van der Waals surface area contributed by atoms with Crippen LogP contribution in [0, 0.1) is 0 Å². The van der Waals surface area contributed by atoms with E-state index in [4.69, 9.17) is 9.47 Å². The molecule has 1 unspecified atom stereocenters. The van der Waals surface area contributed by atoms with E-state index in [9.17, 15) is 4.79 Å². The van der Waals surface area contributed by atoms with Crippen LogP contribution in [0.1, 0.15) is 51.9 Å². The minimum absolute atomic E-state index is 0.225. The van der Waals surface area contributed by atoms with Crippen LogP contribution in [0.5, 0.6) is 0 Å². The van der Waals surface area contributed by atoms with E-state index in [2.05, 4.69) is 0 Å². The Labute approximate surface area is 104 Å². The second-order valence-electron chi connectivity index (χ2n) is 4.53. The highest BCUT2D eigenvalue weighted by Gasteiger charge is 2.20. The van der Waals surface area contributed by atoms with Crippen molar-refractivity contribution >= 4 is 5.97 Å². The SMILES string of the molecule is C/C=C/C(=O)OCCCCCCCCC1CO1.